The van der Waals surface area contributed by atoms with Gasteiger partial charge in [-0.2, -0.15) is 0 Å². The van der Waals surface area contributed by atoms with Crippen LogP contribution < -0.4 is 5.73 Å². The van der Waals surface area contributed by atoms with Crippen molar-refractivity contribution in [1.29, 1.82) is 0 Å². The monoisotopic (exact) mass is 176 g/mol. The highest BCUT2D eigenvalue weighted by Gasteiger charge is 2.03. The second-order valence-electron chi connectivity index (χ2n) is 3.27. The minimum Gasteiger partial charge on any atom is -0.387 e. The average Bonchev–Trinajstić information content (AvgIpc) is 2.51. The highest BCUT2D eigenvalue weighted by molar-refractivity contribution is 5.84. The van der Waals surface area contributed by atoms with Crippen LogP contribution in [0.4, 0.5) is 0 Å². The first kappa shape index (κ1) is 9.85. The molecule has 2 N–H and O–H groups in total. The summed E-state index contributed by atoms with van der Waals surface area (Å²) in [6.45, 7) is 0. The zero-order chi connectivity index (χ0) is 9.52. The Kier molecular flexibility index (Phi) is 4.11. The van der Waals surface area contributed by atoms with E-state index < -0.39 is 0 Å². The summed E-state index contributed by atoms with van der Waals surface area (Å²) in [5.74, 6) is 3.39. The van der Waals surface area contributed by atoms with E-state index in [9.17, 15) is 0 Å². The highest BCUT2D eigenvalue weighted by atomic mass is 14.9. The lowest BCUT2D eigenvalue weighted by atomic mass is 10.1. The van der Waals surface area contributed by atoms with Crippen LogP contribution in [0.2, 0.25) is 0 Å². The van der Waals surface area contributed by atoms with Gasteiger partial charge in [-0.25, -0.2) is 4.99 Å². The third-order valence-corrected chi connectivity index (χ3v) is 2.09. The summed E-state index contributed by atoms with van der Waals surface area (Å²) in [7, 11) is 0. The number of rotatable bonds is 5. The highest BCUT2D eigenvalue weighted by Crippen LogP contribution is 2.15. The lowest BCUT2D eigenvalue weighted by Crippen LogP contribution is -2.06. The molecule has 1 aliphatic heterocycles. The SMILES string of the molecule is C#CCCCCCC1=CCC(N)=N1. The van der Waals surface area contributed by atoms with Crippen molar-refractivity contribution in [3.8, 4) is 12.3 Å². The van der Waals surface area contributed by atoms with E-state index in [0.717, 1.165) is 37.2 Å². The number of terminal acetylenes is 1. The summed E-state index contributed by atoms with van der Waals surface area (Å²) in [5.41, 5.74) is 6.70. The van der Waals surface area contributed by atoms with Crippen LogP contribution in [0.1, 0.15) is 38.5 Å². The average molecular weight is 176 g/mol. The molecule has 0 bridgehead atoms. The third kappa shape index (κ3) is 3.80. The van der Waals surface area contributed by atoms with Gasteiger partial charge in [0.05, 0.1) is 0 Å². The molecule has 0 fully saturated rings. The molecule has 0 aromatic carbocycles. The molecule has 0 radical (unpaired) electrons. The Hall–Kier alpha value is -1.23. The minimum absolute atomic E-state index is 0.749. The summed E-state index contributed by atoms with van der Waals surface area (Å²) >= 11 is 0. The maximum absolute atomic E-state index is 5.55. The number of hydrogen-bond donors (Lipinski definition) is 1. The van der Waals surface area contributed by atoms with Crippen molar-refractivity contribution < 1.29 is 0 Å². The summed E-state index contributed by atoms with van der Waals surface area (Å²) in [6, 6.07) is 0. The van der Waals surface area contributed by atoms with Gasteiger partial charge in [0, 0.05) is 18.5 Å². The van der Waals surface area contributed by atoms with Gasteiger partial charge in [0.15, 0.2) is 0 Å². The van der Waals surface area contributed by atoms with Gasteiger partial charge < -0.3 is 5.73 Å². The van der Waals surface area contributed by atoms with E-state index in [2.05, 4.69) is 17.0 Å². The van der Waals surface area contributed by atoms with Gasteiger partial charge in [0.1, 0.15) is 5.84 Å². The molecule has 2 heteroatoms. The summed E-state index contributed by atoms with van der Waals surface area (Å²) in [4.78, 5) is 4.22. The second kappa shape index (κ2) is 5.42. The van der Waals surface area contributed by atoms with Crippen molar-refractivity contribution >= 4 is 5.84 Å². The van der Waals surface area contributed by atoms with Crippen molar-refractivity contribution in [2.75, 3.05) is 0 Å². The van der Waals surface area contributed by atoms with E-state index in [1.807, 2.05) is 0 Å². The van der Waals surface area contributed by atoms with Crippen LogP contribution in [-0.2, 0) is 0 Å². The maximum Gasteiger partial charge on any atom is 0.103 e. The number of allylic oxidation sites excluding steroid dienone is 1. The minimum atomic E-state index is 0.749. The molecule has 0 aliphatic carbocycles. The Bertz CT molecular complexity index is 256. The standard InChI is InChI=1S/C11H16N2/c1-2-3-4-5-6-7-10-8-9-11(12)13-10/h1,8H,3-7,9H2,(H2,12,13). The van der Waals surface area contributed by atoms with E-state index in [0.29, 0.717) is 0 Å². The Balaban J connectivity index is 2.04. The quantitative estimate of drug-likeness (QED) is 0.506. The first-order chi connectivity index (χ1) is 6.33. The topological polar surface area (TPSA) is 38.4 Å². The molecule has 0 aromatic heterocycles. The fourth-order valence-electron chi connectivity index (χ4n) is 1.37. The van der Waals surface area contributed by atoms with Gasteiger partial charge in [-0.05, 0) is 19.3 Å². The van der Waals surface area contributed by atoms with Crippen molar-refractivity contribution in [3.05, 3.63) is 11.8 Å². The molecule has 0 saturated heterocycles. The van der Waals surface area contributed by atoms with Crippen LogP contribution in [0, 0.1) is 12.3 Å². The molecule has 13 heavy (non-hydrogen) atoms. The largest absolute Gasteiger partial charge is 0.387 e. The van der Waals surface area contributed by atoms with Crippen molar-refractivity contribution in [3.63, 3.8) is 0 Å². The molecule has 0 saturated carbocycles. The van der Waals surface area contributed by atoms with Gasteiger partial charge in [-0.15, -0.1) is 12.3 Å². The van der Waals surface area contributed by atoms with Gasteiger partial charge in [-0.3, -0.25) is 0 Å². The fraction of sp³-hybridized carbons (Fsp3) is 0.545. The summed E-state index contributed by atoms with van der Waals surface area (Å²) < 4.78 is 0. The molecule has 2 nitrogen and oxygen atoms in total. The molecular formula is C11H16N2. The van der Waals surface area contributed by atoms with Gasteiger partial charge in [-0.1, -0.05) is 12.5 Å². The first-order valence-electron chi connectivity index (χ1n) is 4.78. The molecule has 1 aliphatic rings. The molecule has 70 valence electrons. The van der Waals surface area contributed by atoms with E-state index in [4.69, 9.17) is 12.2 Å². The van der Waals surface area contributed by atoms with Crippen molar-refractivity contribution in [2.24, 2.45) is 10.7 Å². The molecular weight excluding hydrogens is 160 g/mol. The maximum atomic E-state index is 5.55. The lowest BCUT2D eigenvalue weighted by Gasteiger charge is -1.97. The normalized spacial score (nSPS) is 15.0. The van der Waals surface area contributed by atoms with Crippen molar-refractivity contribution in [2.45, 2.75) is 38.5 Å². The van der Waals surface area contributed by atoms with Gasteiger partial charge in [0.2, 0.25) is 0 Å². The number of nitrogens with zero attached hydrogens (tertiary/aromatic N) is 1. The summed E-state index contributed by atoms with van der Waals surface area (Å²) in [6.07, 6.45) is 13.5. The summed E-state index contributed by atoms with van der Waals surface area (Å²) in [5, 5.41) is 0. The van der Waals surface area contributed by atoms with E-state index in [-0.39, 0.29) is 0 Å². The predicted molar refractivity (Wildman–Crippen MR) is 56.2 cm³/mol. The first-order valence-corrected chi connectivity index (χ1v) is 4.78. The zero-order valence-electron chi connectivity index (χ0n) is 7.92. The Morgan fingerprint density at radius 2 is 2.31 bits per heavy atom. The molecule has 1 rings (SSSR count). The number of unbranched alkanes of at least 4 members (excludes halogenated alkanes) is 3. The van der Waals surface area contributed by atoms with Gasteiger partial charge >= 0.3 is 0 Å². The molecule has 0 unspecified atom stereocenters. The van der Waals surface area contributed by atoms with Gasteiger partial charge in [0.25, 0.3) is 0 Å². The van der Waals surface area contributed by atoms with Crippen molar-refractivity contribution in [1.82, 2.24) is 0 Å². The van der Waals surface area contributed by atoms with Crippen LogP contribution in [0.3, 0.4) is 0 Å². The number of amidine groups is 1. The van der Waals surface area contributed by atoms with Crippen LogP contribution in [0.15, 0.2) is 16.8 Å². The molecule has 0 amide bonds. The number of aliphatic imine (C=N–C) groups is 1. The van der Waals surface area contributed by atoms with E-state index >= 15 is 0 Å². The second-order valence-corrected chi connectivity index (χ2v) is 3.27. The third-order valence-electron chi connectivity index (χ3n) is 2.09. The smallest absolute Gasteiger partial charge is 0.103 e. The molecule has 0 spiro atoms. The van der Waals surface area contributed by atoms with Crippen LogP contribution >= 0.6 is 0 Å². The zero-order valence-corrected chi connectivity index (χ0v) is 7.92. The van der Waals surface area contributed by atoms with E-state index in [1.165, 1.54) is 12.8 Å². The van der Waals surface area contributed by atoms with E-state index in [1.54, 1.807) is 0 Å². The number of hydrogen-bond acceptors (Lipinski definition) is 2. The molecule has 0 aromatic rings. The van der Waals surface area contributed by atoms with Crippen LogP contribution in [0.5, 0.6) is 0 Å². The Morgan fingerprint density at radius 1 is 1.46 bits per heavy atom. The molecule has 0 atom stereocenters. The predicted octanol–water partition coefficient (Wildman–Crippen LogP) is 2.21. The molecule has 1 heterocycles. The number of nitrogens with two attached hydrogens (primary N) is 1. The van der Waals surface area contributed by atoms with Crippen LogP contribution in [0.25, 0.3) is 0 Å². The van der Waals surface area contributed by atoms with Crippen LogP contribution in [-0.4, -0.2) is 5.84 Å². The lowest BCUT2D eigenvalue weighted by molar-refractivity contribution is 0.687. The Morgan fingerprint density at radius 3 is 2.92 bits per heavy atom. The Labute approximate surface area is 79.9 Å². The fourth-order valence-corrected chi connectivity index (χ4v) is 1.37.